The number of nitrogens with one attached hydrogen (secondary N) is 1. The molecule has 1 fully saturated rings. The Labute approximate surface area is 166 Å². The lowest BCUT2D eigenvalue weighted by Gasteiger charge is -2.09. The van der Waals surface area contributed by atoms with E-state index in [0.717, 1.165) is 11.3 Å². The Morgan fingerprint density at radius 1 is 1.21 bits per heavy atom. The zero-order valence-electron chi connectivity index (χ0n) is 15.3. The summed E-state index contributed by atoms with van der Waals surface area (Å²) in [6.45, 7) is 1.53. The van der Waals surface area contributed by atoms with Crippen molar-refractivity contribution in [3.8, 4) is 11.5 Å². The average molecular weight is 398 g/mol. The molecule has 1 aliphatic rings. The number of aliphatic carboxylic acids is 1. The Kier molecular flexibility index (Phi) is 6.00. The molecule has 144 valence electrons. The van der Waals surface area contributed by atoms with E-state index >= 15 is 0 Å². The van der Waals surface area contributed by atoms with Crippen molar-refractivity contribution < 1.29 is 24.2 Å². The molecule has 2 aromatic rings. The number of carboxylic acids is 1. The topological polar surface area (TPSA) is 97.2 Å². The van der Waals surface area contributed by atoms with Crippen LogP contribution in [0.1, 0.15) is 11.1 Å². The highest BCUT2D eigenvalue weighted by molar-refractivity contribution is 8.18. The second kappa shape index (κ2) is 8.62. The molecule has 8 heteroatoms. The number of aliphatic imine (C=N–C) groups is 1. The molecular formula is C20H18N2O5S. The monoisotopic (exact) mass is 398 g/mol. The van der Waals surface area contributed by atoms with Crippen LogP contribution in [0.15, 0.2) is 52.4 Å². The minimum absolute atomic E-state index is 0.235. The summed E-state index contributed by atoms with van der Waals surface area (Å²) >= 11 is 1.25. The number of amidine groups is 1. The van der Waals surface area contributed by atoms with E-state index in [1.54, 1.807) is 24.3 Å². The number of carboxylic acid groups (broad SMARTS) is 1. The van der Waals surface area contributed by atoms with Gasteiger partial charge >= 0.3 is 5.97 Å². The number of carbonyl (C=O) groups is 2. The molecule has 0 saturated carbocycles. The maximum atomic E-state index is 12.2. The van der Waals surface area contributed by atoms with E-state index in [-0.39, 0.29) is 5.91 Å². The third-order valence-electron chi connectivity index (χ3n) is 3.75. The first kappa shape index (κ1) is 19.5. The molecule has 0 atom stereocenters. The summed E-state index contributed by atoms with van der Waals surface area (Å²) in [6.07, 6.45) is 1.71. The second-order valence-electron chi connectivity index (χ2n) is 5.91. The van der Waals surface area contributed by atoms with Gasteiger partial charge in [0.1, 0.15) is 0 Å². The number of carbonyl (C=O) groups excluding carboxylic acids is 1. The van der Waals surface area contributed by atoms with Gasteiger partial charge in [-0.3, -0.25) is 4.79 Å². The molecule has 7 nitrogen and oxygen atoms in total. The number of amides is 1. The van der Waals surface area contributed by atoms with E-state index in [2.05, 4.69) is 10.3 Å². The molecule has 28 heavy (non-hydrogen) atoms. The fourth-order valence-corrected chi connectivity index (χ4v) is 3.24. The summed E-state index contributed by atoms with van der Waals surface area (Å²) in [4.78, 5) is 27.8. The molecule has 1 aliphatic heterocycles. The number of hydrogen-bond donors (Lipinski definition) is 2. The van der Waals surface area contributed by atoms with Crippen LogP contribution in [-0.4, -0.2) is 35.9 Å². The molecule has 0 spiro atoms. The van der Waals surface area contributed by atoms with Crippen molar-refractivity contribution in [2.24, 2.45) is 4.99 Å². The Morgan fingerprint density at radius 3 is 2.64 bits per heavy atom. The molecule has 0 bridgehead atoms. The van der Waals surface area contributed by atoms with Gasteiger partial charge in [-0.2, -0.15) is 0 Å². The number of methoxy groups -OCH3 is 1. The van der Waals surface area contributed by atoms with Crippen molar-refractivity contribution >= 4 is 40.6 Å². The van der Waals surface area contributed by atoms with Crippen molar-refractivity contribution in [1.82, 2.24) is 5.32 Å². The van der Waals surface area contributed by atoms with Crippen LogP contribution in [-0.2, 0) is 9.59 Å². The molecule has 0 radical (unpaired) electrons. The fraction of sp³-hybridized carbons (Fsp3) is 0.150. The van der Waals surface area contributed by atoms with Crippen LogP contribution in [0.5, 0.6) is 11.5 Å². The van der Waals surface area contributed by atoms with Gasteiger partial charge in [0.25, 0.3) is 5.91 Å². The van der Waals surface area contributed by atoms with Gasteiger partial charge in [0, 0.05) is 0 Å². The van der Waals surface area contributed by atoms with Gasteiger partial charge in [-0.25, -0.2) is 9.79 Å². The van der Waals surface area contributed by atoms with Gasteiger partial charge in [-0.1, -0.05) is 23.8 Å². The van der Waals surface area contributed by atoms with E-state index in [0.29, 0.717) is 27.1 Å². The van der Waals surface area contributed by atoms with Gasteiger partial charge in [-0.05, 0) is 54.6 Å². The van der Waals surface area contributed by atoms with E-state index in [4.69, 9.17) is 14.6 Å². The van der Waals surface area contributed by atoms with Crippen molar-refractivity contribution in [2.75, 3.05) is 13.7 Å². The largest absolute Gasteiger partial charge is 0.493 e. The Hall–Kier alpha value is -3.26. The van der Waals surface area contributed by atoms with E-state index in [9.17, 15) is 9.59 Å². The molecule has 1 saturated heterocycles. The van der Waals surface area contributed by atoms with Crippen LogP contribution in [0, 0.1) is 6.92 Å². The third-order valence-corrected chi connectivity index (χ3v) is 4.66. The van der Waals surface area contributed by atoms with Gasteiger partial charge in [0.2, 0.25) is 0 Å². The van der Waals surface area contributed by atoms with Gasteiger partial charge in [-0.15, -0.1) is 0 Å². The lowest BCUT2D eigenvalue weighted by molar-refractivity contribution is -0.139. The van der Waals surface area contributed by atoms with Crippen LogP contribution in [0.4, 0.5) is 5.69 Å². The van der Waals surface area contributed by atoms with Gasteiger partial charge in [0.15, 0.2) is 23.3 Å². The third kappa shape index (κ3) is 4.92. The minimum atomic E-state index is -1.08. The van der Waals surface area contributed by atoms with E-state index < -0.39 is 12.6 Å². The predicted octanol–water partition coefficient (Wildman–Crippen LogP) is 3.36. The molecule has 1 heterocycles. The SMILES string of the molecule is COc1cc(/C=C2/SC(=Nc3ccc(C)cc3)NC2=O)ccc1OCC(=O)O. The average Bonchev–Trinajstić information content (AvgIpc) is 3.01. The number of rotatable bonds is 6. The molecular weight excluding hydrogens is 380 g/mol. The molecule has 2 aromatic carbocycles. The Balaban J connectivity index is 1.78. The summed E-state index contributed by atoms with van der Waals surface area (Å²) in [6, 6.07) is 12.7. The van der Waals surface area contributed by atoms with Crippen LogP contribution in [0.3, 0.4) is 0 Å². The summed E-state index contributed by atoms with van der Waals surface area (Å²) in [5.74, 6) is -0.613. The number of hydrogen-bond acceptors (Lipinski definition) is 6. The van der Waals surface area contributed by atoms with Crippen LogP contribution < -0.4 is 14.8 Å². The van der Waals surface area contributed by atoms with Gasteiger partial charge in [0.05, 0.1) is 17.7 Å². The quantitative estimate of drug-likeness (QED) is 0.724. The second-order valence-corrected chi connectivity index (χ2v) is 6.94. The maximum absolute atomic E-state index is 12.2. The number of thioether (sulfide) groups is 1. The lowest BCUT2D eigenvalue weighted by Crippen LogP contribution is -2.19. The van der Waals surface area contributed by atoms with Crippen molar-refractivity contribution in [1.29, 1.82) is 0 Å². The lowest BCUT2D eigenvalue weighted by atomic mass is 10.2. The Morgan fingerprint density at radius 2 is 1.96 bits per heavy atom. The number of benzene rings is 2. The highest BCUT2D eigenvalue weighted by Crippen LogP contribution is 2.32. The Bertz CT molecular complexity index is 967. The first-order chi connectivity index (χ1) is 13.4. The highest BCUT2D eigenvalue weighted by atomic mass is 32.2. The molecule has 0 unspecified atom stereocenters. The van der Waals surface area contributed by atoms with Crippen molar-refractivity contribution in [3.05, 3.63) is 58.5 Å². The predicted molar refractivity (Wildman–Crippen MR) is 108 cm³/mol. The van der Waals surface area contributed by atoms with Crippen molar-refractivity contribution in [3.63, 3.8) is 0 Å². The standard InChI is InChI=1S/C20H18N2O5S/c1-12-3-6-14(7-4-12)21-20-22-19(25)17(28-20)10-13-5-8-15(16(9-13)26-2)27-11-18(23)24/h3-10H,11H2,1-2H3,(H,23,24)(H,21,22,25)/b17-10+. The first-order valence-electron chi connectivity index (χ1n) is 8.33. The number of ether oxygens (including phenoxy) is 2. The normalized spacial score (nSPS) is 16.3. The molecule has 0 aliphatic carbocycles. The smallest absolute Gasteiger partial charge is 0.341 e. The van der Waals surface area contributed by atoms with Crippen LogP contribution in [0.25, 0.3) is 6.08 Å². The minimum Gasteiger partial charge on any atom is -0.493 e. The first-order valence-corrected chi connectivity index (χ1v) is 9.15. The van der Waals surface area contributed by atoms with E-state index in [1.165, 1.54) is 18.9 Å². The summed E-state index contributed by atoms with van der Waals surface area (Å²) in [7, 11) is 1.46. The molecule has 1 amide bonds. The summed E-state index contributed by atoms with van der Waals surface area (Å²) in [5.41, 5.74) is 2.61. The summed E-state index contributed by atoms with van der Waals surface area (Å²) in [5, 5.41) is 12.0. The number of aryl methyl sites for hydroxylation is 1. The van der Waals surface area contributed by atoms with Crippen molar-refractivity contribution in [2.45, 2.75) is 6.92 Å². The van der Waals surface area contributed by atoms with Crippen LogP contribution in [0.2, 0.25) is 0 Å². The van der Waals surface area contributed by atoms with Gasteiger partial charge < -0.3 is 19.9 Å². The number of nitrogens with zero attached hydrogens (tertiary/aromatic N) is 1. The molecule has 3 rings (SSSR count). The fourth-order valence-electron chi connectivity index (χ4n) is 2.40. The zero-order chi connectivity index (χ0) is 20.1. The maximum Gasteiger partial charge on any atom is 0.341 e. The molecule has 0 aromatic heterocycles. The zero-order valence-corrected chi connectivity index (χ0v) is 16.1. The molecule has 2 N–H and O–H groups in total. The van der Waals surface area contributed by atoms with E-state index in [1.807, 2.05) is 31.2 Å². The highest BCUT2D eigenvalue weighted by Gasteiger charge is 2.24. The van der Waals surface area contributed by atoms with Crippen LogP contribution >= 0.6 is 11.8 Å². The summed E-state index contributed by atoms with van der Waals surface area (Å²) < 4.78 is 10.4.